The Morgan fingerprint density at radius 1 is 0.284 bits per heavy atom. The maximum absolute atomic E-state index is 16.7. The highest BCUT2D eigenvalue weighted by atomic mass is 16.7. The second-order valence-corrected chi connectivity index (χ2v) is 30.8. The van der Waals surface area contributed by atoms with Crippen molar-refractivity contribution in [1.82, 2.24) is 30.1 Å². The fourth-order valence-electron chi connectivity index (χ4n) is 17.5. The lowest BCUT2D eigenvalue weighted by Crippen LogP contribution is -2.72. The van der Waals surface area contributed by atoms with Crippen LogP contribution in [0.25, 0.3) is 0 Å². The summed E-state index contributed by atoms with van der Waals surface area (Å²) in [5.74, 6) is -0.649. The quantitative estimate of drug-likeness (QED) is 0.176. The third-order valence-electron chi connectivity index (χ3n) is 19.7. The molecule has 0 aromatic rings. The number of hydrogen-bond donors (Lipinski definition) is 0. The summed E-state index contributed by atoms with van der Waals surface area (Å²) < 4.78 is 0. The minimum absolute atomic E-state index is 0.177. The summed E-state index contributed by atoms with van der Waals surface area (Å²) in [6, 6.07) is -0.707. The van der Waals surface area contributed by atoms with Gasteiger partial charge in [0.2, 0.25) is 0 Å². The molecule has 0 spiro atoms. The molecule has 0 radical (unpaired) electrons. The van der Waals surface area contributed by atoms with Crippen molar-refractivity contribution >= 4 is 11.8 Å². The predicted molar refractivity (Wildman–Crippen MR) is 298 cm³/mol. The number of carbonyl (C=O) groups excluding carboxylic acids is 2. The van der Waals surface area contributed by atoms with Gasteiger partial charge in [-0.05, 0) is 214 Å². The molecule has 8 aliphatic rings. The zero-order valence-electron chi connectivity index (χ0n) is 50.6. The minimum Gasteiger partial charge on any atom is -0.328 e. The van der Waals surface area contributed by atoms with Crippen LogP contribution in [0, 0.1) is 0 Å². The van der Waals surface area contributed by atoms with Crippen molar-refractivity contribution in [2.24, 2.45) is 0 Å². The number of amides is 2. The standard InChI is InChI=1S/C62H112N6O6/c1-55(2)37-45(38-56(3,4)65(55)71-49-29-21-17-22-30-49)63(46-39-57(5,6)66(58(7,8)40-46)72-50-31-23-18-24-32-50)53(69)54(70)64(47-41-59(9,10)67(60(11,12)42-47)73-51-33-25-19-26-34-51)48-43-61(13,14)68(62(15,16)44-48)74-52-35-27-20-28-36-52/h45-52H,17-44H2,1-16H3. The van der Waals surface area contributed by atoms with E-state index >= 15 is 9.59 Å². The molecule has 12 heteroatoms. The van der Waals surface area contributed by atoms with Crippen molar-refractivity contribution in [3.63, 3.8) is 0 Å². The van der Waals surface area contributed by atoms with Crippen LogP contribution in [0.15, 0.2) is 0 Å². The number of hydroxylamine groups is 8. The fourth-order valence-corrected chi connectivity index (χ4v) is 17.5. The molecule has 8 fully saturated rings. The summed E-state index contributed by atoms with van der Waals surface area (Å²) in [4.78, 5) is 66.1. The van der Waals surface area contributed by atoms with Gasteiger partial charge in [-0.15, -0.1) is 0 Å². The molecule has 4 aliphatic carbocycles. The van der Waals surface area contributed by atoms with Crippen LogP contribution in [-0.4, -0.2) is 135 Å². The van der Waals surface area contributed by atoms with Crippen molar-refractivity contribution in [2.45, 2.75) is 383 Å². The van der Waals surface area contributed by atoms with Crippen LogP contribution in [0.4, 0.5) is 0 Å². The van der Waals surface area contributed by atoms with Crippen LogP contribution >= 0.6 is 0 Å². The van der Waals surface area contributed by atoms with Gasteiger partial charge in [0.25, 0.3) is 0 Å². The maximum atomic E-state index is 16.7. The molecule has 4 heterocycles. The lowest BCUT2D eigenvalue weighted by atomic mass is 9.73. The van der Waals surface area contributed by atoms with Crippen LogP contribution in [0.2, 0.25) is 0 Å². The zero-order chi connectivity index (χ0) is 53.9. The topological polar surface area (TPSA) is 90.5 Å². The van der Waals surface area contributed by atoms with Crippen molar-refractivity contribution in [2.75, 3.05) is 0 Å². The van der Waals surface area contributed by atoms with Crippen LogP contribution in [0.5, 0.6) is 0 Å². The van der Waals surface area contributed by atoms with E-state index in [1.54, 1.807) is 0 Å². The monoisotopic (exact) mass is 1040 g/mol. The third kappa shape index (κ3) is 12.9. The Labute approximate surface area is 452 Å². The Morgan fingerprint density at radius 3 is 0.581 bits per heavy atom. The molecular formula is C62H112N6O6. The molecule has 0 atom stereocenters. The molecular weight excluding hydrogens is 925 g/mol. The molecule has 0 aromatic carbocycles. The first-order valence-electron chi connectivity index (χ1n) is 31.0. The van der Waals surface area contributed by atoms with Crippen LogP contribution in [0.3, 0.4) is 0 Å². The summed E-state index contributed by atoms with van der Waals surface area (Å²) in [5.41, 5.74) is -3.12. The largest absolute Gasteiger partial charge is 0.328 e. The molecule has 0 bridgehead atoms. The zero-order valence-corrected chi connectivity index (χ0v) is 50.6. The van der Waals surface area contributed by atoms with Gasteiger partial charge < -0.3 is 9.80 Å². The van der Waals surface area contributed by atoms with E-state index in [4.69, 9.17) is 19.4 Å². The molecule has 4 saturated heterocycles. The minimum atomic E-state index is -0.390. The molecule has 0 aromatic heterocycles. The van der Waals surface area contributed by atoms with Gasteiger partial charge in [0, 0.05) is 68.5 Å². The number of piperidine rings is 4. The van der Waals surface area contributed by atoms with E-state index in [2.05, 4.69) is 141 Å². The number of hydrogen-bond acceptors (Lipinski definition) is 10. The van der Waals surface area contributed by atoms with Gasteiger partial charge >= 0.3 is 11.8 Å². The summed E-state index contributed by atoms with van der Waals surface area (Å²) in [6.07, 6.45) is 30.1. The Hall–Kier alpha value is -1.38. The molecule has 2 amide bonds. The van der Waals surface area contributed by atoms with E-state index < -0.39 is 0 Å². The Balaban J connectivity index is 1.18. The highest BCUT2D eigenvalue weighted by Gasteiger charge is 2.59. The molecule has 426 valence electrons. The molecule has 12 nitrogen and oxygen atoms in total. The van der Waals surface area contributed by atoms with Crippen LogP contribution in [-0.2, 0) is 28.9 Å². The molecule has 0 N–H and O–H groups in total. The highest BCUT2D eigenvalue weighted by molar-refractivity contribution is 6.35. The average Bonchev–Trinajstić information content (AvgIpc) is 3.29. The summed E-state index contributed by atoms with van der Waals surface area (Å²) in [6.45, 7) is 37.0. The third-order valence-corrected chi connectivity index (χ3v) is 19.7. The lowest BCUT2D eigenvalue weighted by Gasteiger charge is -2.61. The molecule has 4 aliphatic heterocycles. The van der Waals surface area contributed by atoms with Gasteiger partial charge in [0.1, 0.15) is 0 Å². The molecule has 8 rings (SSSR count). The van der Waals surface area contributed by atoms with Crippen molar-refractivity contribution in [3.8, 4) is 0 Å². The van der Waals surface area contributed by atoms with E-state index in [0.29, 0.717) is 0 Å². The second kappa shape index (κ2) is 22.3. The van der Waals surface area contributed by atoms with Crippen LogP contribution < -0.4 is 0 Å². The Bertz CT molecular complexity index is 1560. The second-order valence-electron chi connectivity index (χ2n) is 30.8. The van der Waals surface area contributed by atoms with E-state index in [-0.39, 0.29) is 105 Å². The fraction of sp³-hybridized carbons (Fsp3) is 0.968. The van der Waals surface area contributed by atoms with Gasteiger partial charge in [-0.3, -0.25) is 28.9 Å². The van der Waals surface area contributed by atoms with E-state index in [0.717, 1.165) is 103 Å². The maximum Gasteiger partial charge on any atom is 0.312 e. The first kappa shape index (κ1) is 58.8. The first-order valence-corrected chi connectivity index (χ1v) is 31.0. The van der Waals surface area contributed by atoms with Gasteiger partial charge in [-0.2, -0.15) is 20.3 Å². The van der Waals surface area contributed by atoms with Crippen molar-refractivity contribution < 1.29 is 28.9 Å². The summed E-state index contributed by atoms with van der Waals surface area (Å²) in [7, 11) is 0. The smallest absolute Gasteiger partial charge is 0.312 e. The normalized spacial score (nSPS) is 30.5. The average molecular weight is 1040 g/mol. The number of rotatable bonds is 12. The summed E-state index contributed by atoms with van der Waals surface area (Å²) >= 11 is 0. The molecule has 0 unspecified atom stereocenters. The SMILES string of the molecule is CC1(C)CC(N(C(=O)C(=O)N(C2CC(C)(C)N(OC3CCCCC3)C(C)(C)C2)C2CC(C)(C)N(OC3CCCCC3)C(C)(C)C2)C2CC(C)(C)N(OC3CCCCC3)C(C)(C)C2)CC(C)(C)N1OC1CCCCC1. The van der Waals surface area contributed by atoms with E-state index in [9.17, 15) is 0 Å². The van der Waals surface area contributed by atoms with Gasteiger partial charge in [-0.25, -0.2) is 0 Å². The number of carbonyl (C=O) groups is 2. The first-order chi connectivity index (χ1) is 34.4. The van der Waals surface area contributed by atoms with Gasteiger partial charge in [0.15, 0.2) is 0 Å². The van der Waals surface area contributed by atoms with E-state index in [1.165, 1.54) is 77.0 Å². The van der Waals surface area contributed by atoms with E-state index in [1.807, 2.05) is 0 Å². The van der Waals surface area contributed by atoms with Gasteiger partial charge in [0.05, 0.1) is 24.4 Å². The lowest BCUT2D eigenvalue weighted by molar-refractivity contribution is -0.323. The number of nitrogens with zero attached hydrogens (tertiary/aromatic N) is 6. The molecule has 4 saturated carbocycles. The molecule has 74 heavy (non-hydrogen) atoms. The highest BCUT2D eigenvalue weighted by Crippen LogP contribution is 2.50. The van der Waals surface area contributed by atoms with Gasteiger partial charge in [-0.1, -0.05) is 77.0 Å². The van der Waals surface area contributed by atoms with Crippen LogP contribution in [0.1, 0.15) is 291 Å². The predicted octanol–water partition coefficient (Wildman–Crippen LogP) is 13.8. The Morgan fingerprint density at radius 2 is 0.432 bits per heavy atom. The Kier molecular flexibility index (Phi) is 17.7. The van der Waals surface area contributed by atoms with Crippen molar-refractivity contribution in [3.05, 3.63) is 0 Å². The summed E-state index contributed by atoms with van der Waals surface area (Å²) in [5, 5.41) is 9.27. The van der Waals surface area contributed by atoms with Crippen molar-refractivity contribution in [1.29, 1.82) is 0 Å².